The molecule has 3 aliphatic rings. The van der Waals surface area contributed by atoms with Crippen molar-refractivity contribution in [3.63, 3.8) is 0 Å². The average Bonchev–Trinajstić information content (AvgIpc) is 3.56. The van der Waals surface area contributed by atoms with Crippen molar-refractivity contribution >= 4 is 45.1 Å². The first kappa shape index (κ1) is 36.6. The van der Waals surface area contributed by atoms with E-state index in [4.69, 9.17) is 35.8 Å². The summed E-state index contributed by atoms with van der Waals surface area (Å²) < 4.78 is 34.8. The molecule has 3 heterocycles. The van der Waals surface area contributed by atoms with E-state index in [1.807, 2.05) is 45.0 Å². The van der Waals surface area contributed by atoms with Crippen LogP contribution < -0.4 is 9.64 Å². The quantitative estimate of drug-likeness (QED) is 0.180. The molecule has 0 spiro atoms. The van der Waals surface area contributed by atoms with E-state index in [9.17, 15) is 9.90 Å². The van der Waals surface area contributed by atoms with Crippen molar-refractivity contribution in [3.05, 3.63) is 53.3 Å². The number of aromatic hydroxyl groups is 1. The number of phenolic OH excluding ortho intramolecular Hbond substituents is 1. The minimum Gasteiger partial charge on any atom is -0.508 e. The summed E-state index contributed by atoms with van der Waals surface area (Å²) in [6.07, 6.45) is 4.68. The zero-order valence-electron chi connectivity index (χ0n) is 30.5. The summed E-state index contributed by atoms with van der Waals surface area (Å²) in [7, 11) is 2.09. The Morgan fingerprint density at radius 3 is 2.48 bits per heavy atom. The van der Waals surface area contributed by atoms with Crippen molar-refractivity contribution in [1.29, 1.82) is 0 Å². The number of nitrogens with zero attached hydrogens (tertiary/aromatic N) is 5. The maximum atomic E-state index is 17.0. The van der Waals surface area contributed by atoms with Gasteiger partial charge in [0.05, 0.1) is 11.6 Å². The van der Waals surface area contributed by atoms with E-state index in [-0.39, 0.29) is 52.6 Å². The summed E-state index contributed by atoms with van der Waals surface area (Å²) >= 11 is 6.92. The van der Waals surface area contributed by atoms with E-state index in [2.05, 4.69) is 21.7 Å². The number of halogens is 2. The number of aromatic nitrogens is 2. The molecule has 1 aromatic heterocycles. The van der Waals surface area contributed by atoms with E-state index in [0.717, 1.165) is 82.1 Å². The third-order valence-electron chi connectivity index (χ3n) is 10.5. The zero-order chi connectivity index (χ0) is 36.6. The molecule has 1 N–H and O–H groups in total. The number of carbonyl (C=O) groups is 1. The molecular weight excluding hydrogens is 685 g/mol. The first-order valence-corrected chi connectivity index (χ1v) is 18.9. The van der Waals surface area contributed by atoms with E-state index in [0.29, 0.717) is 29.3 Å². The highest BCUT2D eigenvalue weighted by Gasteiger charge is 2.37. The highest BCUT2D eigenvalue weighted by molar-refractivity contribution is 6.35. The Hall–Kier alpha value is -3.77. The molecular formula is C40H49ClFN5O5. The number of rotatable bonds is 9. The smallest absolute Gasteiger partial charge is 0.332 e. The fraction of sp³-hybridized carbons (Fsp3) is 0.525. The molecule has 1 aliphatic carbocycles. The van der Waals surface area contributed by atoms with Gasteiger partial charge in [-0.15, -0.1) is 0 Å². The molecule has 0 bridgehead atoms. The molecule has 0 amide bonds. The second-order valence-electron chi connectivity index (χ2n) is 15.5. The lowest BCUT2D eigenvalue weighted by Gasteiger charge is -2.38. The van der Waals surface area contributed by atoms with Crippen molar-refractivity contribution in [2.24, 2.45) is 5.92 Å². The Morgan fingerprint density at radius 2 is 1.73 bits per heavy atom. The van der Waals surface area contributed by atoms with Crippen LogP contribution >= 0.6 is 11.6 Å². The van der Waals surface area contributed by atoms with Crippen LogP contribution in [0.2, 0.25) is 5.02 Å². The van der Waals surface area contributed by atoms with Crippen LogP contribution in [-0.2, 0) is 14.3 Å². The van der Waals surface area contributed by atoms with Gasteiger partial charge in [0.2, 0.25) is 0 Å². The third-order valence-corrected chi connectivity index (χ3v) is 10.8. The largest absolute Gasteiger partial charge is 0.508 e. The monoisotopic (exact) mass is 733 g/mol. The van der Waals surface area contributed by atoms with Crippen molar-refractivity contribution in [2.75, 3.05) is 64.4 Å². The third kappa shape index (κ3) is 8.07. The standard InChI is InChI=1S/C40H49ClFN5O5/c1-40(2,3)52-34(49)24-50-23-25-12-14-46(15-13-25)32-10-7-11-33(32)51-39-43-37-30(38(44-39)47-18-16-45(4)17-19-47)22-31(41)35(36(37)42)29-21-27(48)20-26-8-5-6-9-28(26)29/h5-6,8-9,20-22,25,32-33,48H,7,10-19,23-24H2,1-4H3/t32-,33-/m1/s1. The Balaban J connectivity index is 1.14. The van der Waals surface area contributed by atoms with E-state index in [1.165, 1.54) is 0 Å². The van der Waals surface area contributed by atoms with Crippen molar-refractivity contribution < 1.29 is 28.5 Å². The number of carbonyl (C=O) groups excluding carboxylic acids is 1. The van der Waals surface area contributed by atoms with Gasteiger partial charge in [0.15, 0.2) is 5.82 Å². The molecule has 2 aliphatic heterocycles. The molecule has 4 aromatic rings. The van der Waals surface area contributed by atoms with Crippen LogP contribution in [0.25, 0.3) is 32.8 Å². The molecule has 2 atom stereocenters. The Labute approximate surface area is 309 Å². The SMILES string of the molecule is CN1CCN(c2nc(O[C@@H]3CCC[C@H]3N3CCC(COCC(=O)OC(C)(C)C)CC3)nc3c(F)c(-c4cc(O)cc5ccccc45)c(Cl)cc23)CC1. The van der Waals surface area contributed by atoms with Crippen LogP contribution in [0, 0.1) is 11.7 Å². The first-order chi connectivity index (χ1) is 24.9. The molecule has 278 valence electrons. The lowest BCUT2D eigenvalue weighted by Crippen LogP contribution is -2.47. The van der Waals surface area contributed by atoms with Crippen LogP contribution in [0.4, 0.5) is 10.2 Å². The summed E-state index contributed by atoms with van der Waals surface area (Å²) in [5, 5.41) is 12.9. The lowest BCUT2D eigenvalue weighted by atomic mass is 9.96. The second-order valence-corrected chi connectivity index (χ2v) is 15.9. The maximum Gasteiger partial charge on any atom is 0.332 e. The fourth-order valence-electron chi connectivity index (χ4n) is 7.95. The summed E-state index contributed by atoms with van der Waals surface area (Å²) in [4.78, 5) is 28.7. The number of piperazine rings is 1. The molecule has 10 nitrogen and oxygen atoms in total. The molecule has 2 saturated heterocycles. The van der Waals surface area contributed by atoms with Gasteiger partial charge >= 0.3 is 12.0 Å². The van der Waals surface area contributed by atoms with Gasteiger partial charge in [-0.05, 0) is 113 Å². The van der Waals surface area contributed by atoms with Crippen LogP contribution in [0.1, 0.15) is 52.9 Å². The molecule has 3 fully saturated rings. The number of hydrogen-bond donors (Lipinski definition) is 1. The van der Waals surface area contributed by atoms with Gasteiger partial charge in [-0.3, -0.25) is 4.90 Å². The predicted octanol–water partition coefficient (Wildman–Crippen LogP) is 7.07. The molecule has 0 radical (unpaired) electrons. The van der Waals surface area contributed by atoms with E-state index in [1.54, 1.807) is 18.2 Å². The van der Waals surface area contributed by atoms with Gasteiger partial charge in [0.25, 0.3) is 0 Å². The van der Waals surface area contributed by atoms with Crippen LogP contribution in [0.5, 0.6) is 11.8 Å². The first-order valence-electron chi connectivity index (χ1n) is 18.5. The van der Waals surface area contributed by atoms with Gasteiger partial charge in [0.1, 0.15) is 35.4 Å². The van der Waals surface area contributed by atoms with Crippen LogP contribution in [0.15, 0.2) is 42.5 Å². The summed E-state index contributed by atoms with van der Waals surface area (Å²) in [6.45, 7) is 11.0. The molecule has 12 heteroatoms. The minimum atomic E-state index is -0.570. The number of fused-ring (bicyclic) bond motifs is 2. The molecule has 7 rings (SSSR count). The number of piperidine rings is 1. The Morgan fingerprint density at radius 1 is 0.981 bits per heavy atom. The van der Waals surface area contributed by atoms with Gasteiger partial charge < -0.3 is 29.1 Å². The maximum absolute atomic E-state index is 17.0. The van der Waals surface area contributed by atoms with Gasteiger partial charge in [-0.1, -0.05) is 35.9 Å². The summed E-state index contributed by atoms with van der Waals surface area (Å²) in [5.41, 5.74) is 0.305. The van der Waals surface area contributed by atoms with Gasteiger partial charge in [-0.2, -0.15) is 9.97 Å². The number of anilines is 1. The molecule has 0 unspecified atom stereocenters. The van der Waals surface area contributed by atoms with Crippen LogP contribution in [0.3, 0.4) is 0 Å². The molecule has 52 heavy (non-hydrogen) atoms. The number of phenols is 1. The summed E-state index contributed by atoms with van der Waals surface area (Å²) in [5.74, 6) is 0.109. The highest BCUT2D eigenvalue weighted by Crippen LogP contribution is 2.43. The minimum absolute atomic E-state index is 0.0266. The number of ether oxygens (including phenoxy) is 3. The Bertz CT molecular complexity index is 1920. The van der Waals surface area contributed by atoms with Crippen molar-refractivity contribution in [3.8, 4) is 22.9 Å². The Kier molecular flexibility index (Phi) is 10.8. The normalized spacial score (nSPS) is 20.9. The molecule has 1 saturated carbocycles. The zero-order valence-corrected chi connectivity index (χ0v) is 31.3. The number of hydrogen-bond acceptors (Lipinski definition) is 10. The molecule has 3 aromatic carbocycles. The predicted molar refractivity (Wildman–Crippen MR) is 202 cm³/mol. The van der Waals surface area contributed by atoms with E-state index >= 15 is 4.39 Å². The number of benzene rings is 3. The van der Waals surface area contributed by atoms with Crippen LogP contribution in [-0.4, -0.2) is 108 Å². The fourth-order valence-corrected chi connectivity index (χ4v) is 8.24. The highest BCUT2D eigenvalue weighted by atomic mass is 35.5. The lowest BCUT2D eigenvalue weighted by molar-refractivity contribution is -0.160. The van der Waals surface area contributed by atoms with Crippen molar-refractivity contribution in [2.45, 2.75) is 70.6 Å². The second kappa shape index (κ2) is 15.3. The number of likely N-dealkylation sites (tertiary alicyclic amines) is 1. The summed E-state index contributed by atoms with van der Waals surface area (Å²) in [6, 6.07) is 12.9. The van der Waals surface area contributed by atoms with Gasteiger partial charge in [-0.25, -0.2) is 9.18 Å². The average molecular weight is 734 g/mol. The number of likely N-dealkylation sites (N-methyl/N-ethyl adjacent to an activating group) is 1. The van der Waals surface area contributed by atoms with Gasteiger partial charge in [0, 0.05) is 43.2 Å². The van der Waals surface area contributed by atoms with Crippen molar-refractivity contribution in [1.82, 2.24) is 19.8 Å². The van der Waals surface area contributed by atoms with E-state index < -0.39 is 11.4 Å². The topological polar surface area (TPSA) is 100 Å². The number of esters is 1.